The molecule has 180 valence electrons. The van der Waals surface area contributed by atoms with Gasteiger partial charge in [0.1, 0.15) is 5.01 Å². The van der Waals surface area contributed by atoms with Crippen LogP contribution in [0.15, 0.2) is 53.3 Å². The predicted octanol–water partition coefficient (Wildman–Crippen LogP) is 4.44. The zero-order chi connectivity index (χ0) is 24.5. The molecule has 5 rings (SSSR count). The Morgan fingerprint density at radius 1 is 1.06 bits per heavy atom. The zero-order valence-corrected chi connectivity index (χ0v) is 21.1. The fourth-order valence-electron chi connectivity index (χ4n) is 4.27. The summed E-state index contributed by atoms with van der Waals surface area (Å²) in [5.74, 6) is 0. The first kappa shape index (κ1) is 23.5. The molecule has 35 heavy (non-hydrogen) atoms. The fraction of sp³-hybridized carbons (Fsp3) is 0.280. The summed E-state index contributed by atoms with van der Waals surface area (Å²) in [6, 6.07) is 14.9. The third kappa shape index (κ3) is 5.22. The summed E-state index contributed by atoms with van der Waals surface area (Å²) in [5.41, 5.74) is 4.30. The number of fused-ring (bicyclic) bond motifs is 1. The van der Waals surface area contributed by atoms with Gasteiger partial charge in [-0.2, -0.15) is 9.61 Å². The molecule has 0 aliphatic carbocycles. The van der Waals surface area contributed by atoms with Gasteiger partial charge in [0.15, 0.2) is 0 Å². The SMILES string of the molecule is Cc1cc(C)cc(NC(=O)N2CCN(Cc3cc(=O)n4nc(-c5ccccc5Cl)sc4n3)CC2)c1. The minimum Gasteiger partial charge on any atom is -0.322 e. The molecule has 2 aromatic carbocycles. The van der Waals surface area contributed by atoms with Gasteiger partial charge in [-0.25, -0.2) is 9.78 Å². The maximum Gasteiger partial charge on any atom is 0.321 e. The second kappa shape index (κ2) is 9.77. The average Bonchev–Trinajstić information content (AvgIpc) is 3.24. The first-order valence-electron chi connectivity index (χ1n) is 11.4. The van der Waals surface area contributed by atoms with Crippen LogP contribution in [0.4, 0.5) is 10.5 Å². The number of urea groups is 1. The highest BCUT2D eigenvalue weighted by molar-refractivity contribution is 7.19. The Balaban J connectivity index is 1.24. The van der Waals surface area contributed by atoms with Crippen LogP contribution >= 0.6 is 22.9 Å². The van der Waals surface area contributed by atoms with E-state index in [1.54, 1.807) is 6.07 Å². The Bertz CT molecular complexity index is 1440. The Hall–Kier alpha value is -3.27. The summed E-state index contributed by atoms with van der Waals surface area (Å²) in [6.07, 6.45) is 0. The Morgan fingerprint density at radius 2 is 1.77 bits per heavy atom. The van der Waals surface area contributed by atoms with Gasteiger partial charge >= 0.3 is 6.03 Å². The number of nitrogens with one attached hydrogen (secondary N) is 1. The number of carbonyl (C=O) groups is 1. The Morgan fingerprint density at radius 3 is 2.49 bits per heavy atom. The number of aromatic nitrogens is 3. The number of carbonyl (C=O) groups excluding carboxylic acids is 1. The largest absolute Gasteiger partial charge is 0.322 e. The van der Waals surface area contributed by atoms with Crippen LogP contribution in [0.1, 0.15) is 16.8 Å². The Kier molecular flexibility index (Phi) is 6.55. The molecule has 1 fully saturated rings. The van der Waals surface area contributed by atoms with Crippen LogP contribution in [0.2, 0.25) is 5.02 Å². The van der Waals surface area contributed by atoms with Gasteiger partial charge in [0.25, 0.3) is 5.56 Å². The van der Waals surface area contributed by atoms with Crippen LogP contribution in [0, 0.1) is 13.8 Å². The summed E-state index contributed by atoms with van der Waals surface area (Å²) in [6.45, 7) is 7.19. The van der Waals surface area contributed by atoms with E-state index in [1.165, 1.54) is 21.9 Å². The molecule has 2 aromatic heterocycles. The highest BCUT2D eigenvalue weighted by Gasteiger charge is 2.22. The van der Waals surface area contributed by atoms with E-state index < -0.39 is 0 Å². The molecule has 4 aromatic rings. The van der Waals surface area contributed by atoms with Gasteiger partial charge in [-0.1, -0.05) is 47.2 Å². The number of anilines is 1. The van der Waals surface area contributed by atoms with Gasteiger partial charge in [-0.3, -0.25) is 9.69 Å². The molecule has 0 radical (unpaired) electrons. The topological polar surface area (TPSA) is 82.8 Å². The first-order chi connectivity index (χ1) is 16.9. The number of benzene rings is 2. The molecule has 1 aliphatic rings. The standard InChI is InChI=1S/C25H25ClN6O2S/c1-16-11-17(2)13-18(12-16)27-24(34)31-9-7-30(8-10-31)15-19-14-22(33)32-25(28-19)35-23(29-32)20-5-3-4-6-21(20)26/h3-6,11-14H,7-10,15H2,1-2H3,(H,27,34). The first-order valence-corrected chi connectivity index (χ1v) is 12.6. The summed E-state index contributed by atoms with van der Waals surface area (Å²) in [5, 5.41) is 8.66. The number of aryl methyl sites for hydroxylation is 2. The lowest BCUT2D eigenvalue weighted by Crippen LogP contribution is -2.49. The van der Waals surface area contributed by atoms with Crippen LogP contribution in [0.25, 0.3) is 15.5 Å². The number of hydrogen-bond acceptors (Lipinski definition) is 6. The van der Waals surface area contributed by atoms with Gasteiger partial charge in [0.05, 0.1) is 10.7 Å². The number of amides is 2. The van der Waals surface area contributed by atoms with Gasteiger partial charge in [0.2, 0.25) is 4.96 Å². The Labute approximate surface area is 211 Å². The monoisotopic (exact) mass is 508 g/mol. The van der Waals surface area contributed by atoms with E-state index in [2.05, 4.69) is 26.4 Å². The van der Waals surface area contributed by atoms with E-state index in [1.807, 2.05) is 49.1 Å². The third-order valence-electron chi connectivity index (χ3n) is 5.92. The number of nitrogens with zero attached hydrogens (tertiary/aromatic N) is 5. The minimum atomic E-state index is -0.217. The molecule has 1 aliphatic heterocycles. The third-order valence-corrected chi connectivity index (χ3v) is 7.19. The maximum atomic E-state index is 12.7. The molecule has 2 amide bonds. The van der Waals surface area contributed by atoms with Crippen molar-refractivity contribution in [3.05, 3.63) is 80.7 Å². The lowest BCUT2D eigenvalue weighted by atomic mass is 10.1. The molecule has 0 atom stereocenters. The van der Waals surface area contributed by atoms with Crippen molar-refractivity contribution in [1.82, 2.24) is 24.4 Å². The number of rotatable bonds is 4. The van der Waals surface area contributed by atoms with Crippen LogP contribution in [0.5, 0.6) is 0 Å². The number of piperazine rings is 1. The lowest BCUT2D eigenvalue weighted by molar-refractivity contribution is 0.142. The highest BCUT2D eigenvalue weighted by atomic mass is 35.5. The van der Waals surface area contributed by atoms with E-state index in [-0.39, 0.29) is 11.6 Å². The molecule has 0 saturated carbocycles. The van der Waals surface area contributed by atoms with Crippen LogP contribution in [-0.4, -0.2) is 56.6 Å². The molecule has 8 nitrogen and oxygen atoms in total. The fourth-order valence-corrected chi connectivity index (χ4v) is 5.51. The van der Waals surface area contributed by atoms with Crippen molar-refractivity contribution in [3.63, 3.8) is 0 Å². The average molecular weight is 509 g/mol. The second-order valence-corrected chi connectivity index (χ2v) is 10.1. The summed E-state index contributed by atoms with van der Waals surface area (Å²) in [4.78, 5) is 34.6. The second-order valence-electron chi connectivity index (χ2n) is 8.74. The number of hydrogen-bond donors (Lipinski definition) is 1. The predicted molar refractivity (Wildman–Crippen MR) is 139 cm³/mol. The van der Waals surface area contributed by atoms with E-state index in [4.69, 9.17) is 11.6 Å². The summed E-state index contributed by atoms with van der Waals surface area (Å²) in [7, 11) is 0. The van der Waals surface area contributed by atoms with Crippen molar-refractivity contribution in [3.8, 4) is 10.6 Å². The molecular weight excluding hydrogens is 484 g/mol. The minimum absolute atomic E-state index is 0.0933. The molecule has 10 heteroatoms. The zero-order valence-electron chi connectivity index (χ0n) is 19.5. The van der Waals surface area contributed by atoms with E-state index >= 15 is 0 Å². The normalized spacial score (nSPS) is 14.4. The van der Waals surface area contributed by atoms with Crippen molar-refractivity contribution >= 4 is 39.6 Å². The van der Waals surface area contributed by atoms with Crippen molar-refractivity contribution in [2.75, 3.05) is 31.5 Å². The molecule has 0 bridgehead atoms. The summed E-state index contributed by atoms with van der Waals surface area (Å²) >= 11 is 7.64. The van der Waals surface area contributed by atoms with Gasteiger partial charge in [-0.05, 0) is 43.2 Å². The van der Waals surface area contributed by atoms with Crippen molar-refractivity contribution in [1.29, 1.82) is 0 Å². The lowest BCUT2D eigenvalue weighted by Gasteiger charge is -2.34. The smallest absolute Gasteiger partial charge is 0.321 e. The summed E-state index contributed by atoms with van der Waals surface area (Å²) < 4.78 is 1.32. The van der Waals surface area contributed by atoms with Crippen molar-refractivity contribution in [2.45, 2.75) is 20.4 Å². The molecule has 0 spiro atoms. The highest BCUT2D eigenvalue weighted by Crippen LogP contribution is 2.30. The molecule has 3 heterocycles. The molecular formula is C25H25ClN6O2S. The van der Waals surface area contributed by atoms with Gasteiger partial charge in [-0.15, -0.1) is 0 Å². The van der Waals surface area contributed by atoms with Crippen molar-refractivity contribution in [2.24, 2.45) is 0 Å². The van der Waals surface area contributed by atoms with Crippen LogP contribution < -0.4 is 10.9 Å². The van der Waals surface area contributed by atoms with Gasteiger partial charge < -0.3 is 10.2 Å². The molecule has 1 N–H and O–H groups in total. The van der Waals surface area contributed by atoms with Crippen LogP contribution in [-0.2, 0) is 6.54 Å². The van der Waals surface area contributed by atoms with E-state index in [9.17, 15) is 9.59 Å². The quantitative estimate of drug-likeness (QED) is 0.440. The molecule has 1 saturated heterocycles. The van der Waals surface area contributed by atoms with E-state index in [0.29, 0.717) is 53.4 Å². The molecule has 0 unspecified atom stereocenters. The van der Waals surface area contributed by atoms with E-state index in [0.717, 1.165) is 22.4 Å². The maximum absolute atomic E-state index is 12.7. The van der Waals surface area contributed by atoms with Crippen molar-refractivity contribution < 1.29 is 4.79 Å². The number of halogens is 1. The van der Waals surface area contributed by atoms with Gasteiger partial charge in [0, 0.05) is 50.0 Å². The van der Waals surface area contributed by atoms with Crippen LogP contribution in [0.3, 0.4) is 0 Å².